The van der Waals surface area contributed by atoms with Crippen LogP contribution in [-0.4, -0.2) is 31.4 Å². The fraction of sp³-hybridized carbons (Fsp3) is 0.0625. The first-order chi connectivity index (χ1) is 44.5. The molecular formula is C80H60Br4NaO7P. The topological polar surface area (TPSA) is 127 Å². The van der Waals surface area contributed by atoms with Crippen LogP contribution in [0.25, 0.3) is 88.3 Å². The molecule has 0 fully saturated rings. The quantitative estimate of drug-likeness (QED) is 0.0320. The van der Waals surface area contributed by atoms with Crippen molar-refractivity contribution in [3.05, 3.63) is 341 Å². The number of aryl methyl sites for hydroxylation is 2. The van der Waals surface area contributed by atoms with E-state index in [0.29, 0.717) is 22.3 Å². The first kappa shape index (κ1) is 68.8. The fourth-order valence-corrected chi connectivity index (χ4v) is 13.3. The van der Waals surface area contributed by atoms with Gasteiger partial charge >= 0.3 is 29.6 Å². The molecule has 0 amide bonds. The second-order valence-corrected chi connectivity index (χ2v) is 26.4. The van der Waals surface area contributed by atoms with Crippen LogP contribution in [0.3, 0.4) is 0 Å². The maximum atomic E-state index is 12.8. The molecule has 0 saturated heterocycles. The van der Waals surface area contributed by atoms with Crippen molar-refractivity contribution in [2.45, 2.75) is 32.0 Å². The van der Waals surface area contributed by atoms with E-state index in [9.17, 15) is 10.2 Å². The summed E-state index contributed by atoms with van der Waals surface area (Å²) in [6.07, 6.45) is 0. The van der Waals surface area contributed by atoms with Gasteiger partial charge in [0.05, 0.1) is 0 Å². The number of carbonyl (C=O) groups is 1. The largest absolute Gasteiger partial charge is 1.00 e. The van der Waals surface area contributed by atoms with Crippen LogP contribution in [0.15, 0.2) is 297 Å². The van der Waals surface area contributed by atoms with Crippen LogP contribution in [0, 0.1) is 13.8 Å². The monoisotopic (exact) mass is 1500 g/mol. The van der Waals surface area contributed by atoms with Gasteiger partial charge in [-0.25, -0.2) is 9.03 Å². The van der Waals surface area contributed by atoms with Crippen LogP contribution < -0.4 is 29.6 Å². The molecule has 93 heavy (non-hydrogen) atoms. The molecule has 0 aromatic heterocycles. The molecule has 13 heteroatoms. The Labute approximate surface area is 599 Å². The van der Waals surface area contributed by atoms with Crippen LogP contribution in [0.4, 0.5) is 0 Å². The summed E-state index contributed by atoms with van der Waals surface area (Å²) in [7, 11) is -0.446. The summed E-state index contributed by atoms with van der Waals surface area (Å²) in [5, 5.41) is 45.3. The minimum atomic E-state index is -1.46. The molecule has 14 rings (SSSR count). The summed E-state index contributed by atoms with van der Waals surface area (Å²) < 4.78 is 7.31. The number of aliphatic carboxylic acids is 1. The van der Waals surface area contributed by atoms with E-state index in [1.54, 1.807) is 0 Å². The van der Waals surface area contributed by atoms with E-state index in [2.05, 4.69) is 263 Å². The molecule has 2 atom stereocenters. The second-order valence-electron chi connectivity index (χ2n) is 22.4. The van der Waals surface area contributed by atoms with Gasteiger partial charge in [0.1, 0.15) is 11.2 Å². The average Bonchev–Trinajstić information content (AvgIpc) is 0.699. The Balaban J connectivity index is 0.000000181. The van der Waals surface area contributed by atoms with Crippen molar-refractivity contribution in [1.29, 1.82) is 0 Å². The number of hydrogen-bond donors (Lipinski definition) is 5. The average molecular weight is 1510 g/mol. The Hall–Kier alpha value is -7.00. The fourth-order valence-electron chi connectivity index (χ4n) is 12.2. The molecule has 1 aliphatic rings. The standard InChI is InChI=1S/C39H28Br2O2.C39H26Br2.C2H4O2.Na.H2O3P/c1-25-6-23-36-37(24-25)39(43,31-17-9-27(10-18-31)29-13-21-33(41)22-14-29)35-5-3-2-4-34(35)38(36,42)30-15-7-26(8-16-30)28-11-19-32(40)20-12-28;1-25-6-23-36-37(24-25)39(31-13-9-27(10-14-31)29-17-21-33(41)22-18-29)35-5-3-2-4-34(35)38(36)30-11-7-26(8-12-30)28-15-19-32(40)20-16-28;1-2(3)4;;1-3-4-2/h2-24,42-43H,1H3;2-24H,1H3;1H3,(H,3,4);;1-2H/q;;;+1;-1. The second kappa shape index (κ2) is 30.6. The maximum Gasteiger partial charge on any atom is 1.00 e. The van der Waals surface area contributed by atoms with Crippen molar-refractivity contribution in [3.63, 3.8) is 0 Å². The van der Waals surface area contributed by atoms with Crippen molar-refractivity contribution >= 4 is 100 Å². The van der Waals surface area contributed by atoms with Gasteiger partial charge in [-0.3, -0.25) is 10.1 Å². The zero-order chi connectivity index (χ0) is 64.7. The minimum Gasteiger partial charge on any atom is -0.539 e. The van der Waals surface area contributed by atoms with E-state index in [0.717, 1.165) is 63.8 Å². The first-order valence-electron chi connectivity index (χ1n) is 29.4. The Morgan fingerprint density at radius 1 is 0.355 bits per heavy atom. The molecule has 5 N–H and O–H groups in total. The van der Waals surface area contributed by atoms with Crippen molar-refractivity contribution in [3.8, 4) is 66.8 Å². The van der Waals surface area contributed by atoms with Gasteiger partial charge in [-0.2, -0.15) is 0 Å². The number of aliphatic hydroxyl groups is 2. The summed E-state index contributed by atoms with van der Waals surface area (Å²) in [4.78, 5) is 16.4. The number of fused-ring (bicyclic) bond motifs is 4. The Morgan fingerprint density at radius 3 is 0.946 bits per heavy atom. The Kier molecular flexibility index (Phi) is 22.7. The number of halogens is 4. The molecular weight excluding hydrogens is 1450 g/mol. The molecule has 0 bridgehead atoms. The third kappa shape index (κ3) is 14.9. The molecule has 13 aromatic rings. The smallest absolute Gasteiger partial charge is 0.539 e. The van der Waals surface area contributed by atoms with Crippen LogP contribution >= 0.6 is 72.8 Å². The SMILES string of the molecule is CC(=O)O.Cc1ccc2c(-c3ccc(-c4ccc(Br)cc4)cc3)c3ccccc3c(-c3ccc(-c4ccc(Br)cc4)cc3)c2c1.Cc1ccc2c(c1)C(O)(c1ccc(-c3ccc(Br)cc3)cc1)c1ccccc1C2(O)c1ccc(-c2ccc(Br)cc2)cc1.OO[P-]O.[Na+]. The summed E-state index contributed by atoms with van der Waals surface area (Å²) >= 11 is 14.1. The van der Waals surface area contributed by atoms with Crippen molar-refractivity contribution in [2.75, 3.05) is 0 Å². The molecule has 7 nitrogen and oxygen atoms in total. The molecule has 1 aliphatic carbocycles. The number of carboxylic acids is 1. The van der Waals surface area contributed by atoms with Crippen molar-refractivity contribution in [1.82, 2.24) is 0 Å². The van der Waals surface area contributed by atoms with E-state index < -0.39 is 26.2 Å². The molecule has 0 heterocycles. The predicted octanol–water partition coefficient (Wildman–Crippen LogP) is 19.6. The Bertz CT molecular complexity index is 4740. The van der Waals surface area contributed by atoms with Crippen LogP contribution in [0.5, 0.6) is 0 Å². The predicted molar refractivity (Wildman–Crippen MR) is 390 cm³/mol. The van der Waals surface area contributed by atoms with E-state index in [4.69, 9.17) is 20.1 Å². The van der Waals surface area contributed by atoms with E-state index in [1.807, 2.05) is 97.9 Å². The maximum absolute atomic E-state index is 12.8. The summed E-state index contributed by atoms with van der Waals surface area (Å²) in [6, 6.07) is 97.1. The molecule has 0 aliphatic heterocycles. The Morgan fingerprint density at radius 2 is 0.602 bits per heavy atom. The zero-order valence-corrected chi connectivity index (χ0v) is 60.3. The van der Waals surface area contributed by atoms with Crippen LogP contribution in [0.2, 0.25) is 0 Å². The molecule has 2 unspecified atom stereocenters. The van der Waals surface area contributed by atoms with Gasteiger partial charge in [0, 0.05) is 24.8 Å². The van der Waals surface area contributed by atoms with Gasteiger partial charge in [-0.1, -0.05) is 305 Å². The van der Waals surface area contributed by atoms with E-state index >= 15 is 0 Å². The molecule has 0 radical (unpaired) electrons. The van der Waals surface area contributed by atoms with Gasteiger partial charge in [-0.15, -0.1) is 0 Å². The number of hydrogen-bond acceptors (Lipinski definition) is 6. The third-order valence-corrected chi connectivity index (χ3v) is 18.7. The minimum absolute atomic E-state index is 0. The number of rotatable bonds is 9. The summed E-state index contributed by atoms with van der Waals surface area (Å²) in [5.41, 5.74) is 17.8. The normalized spacial score (nSPS) is 14.5. The van der Waals surface area contributed by atoms with Crippen molar-refractivity contribution < 1.29 is 64.5 Å². The van der Waals surface area contributed by atoms with E-state index in [1.165, 1.54) is 71.6 Å². The summed E-state index contributed by atoms with van der Waals surface area (Å²) in [5.74, 6) is -0.833. The molecule has 0 spiro atoms. The van der Waals surface area contributed by atoms with Gasteiger partial charge in [0.15, 0.2) is 0 Å². The van der Waals surface area contributed by atoms with Crippen molar-refractivity contribution in [2.24, 2.45) is 0 Å². The molecule has 0 saturated carbocycles. The first-order valence-corrected chi connectivity index (χ1v) is 33.3. The number of benzene rings is 13. The van der Waals surface area contributed by atoms with Gasteiger partial charge in [0.2, 0.25) is 0 Å². The molecule has 13 aromatic carbocycles. The zero-order valence-electron chi connectivity index (χ0n) is 51.1. The molecule has 456 valence electrons. The summed E-state index contributed by atoms with van der Waals surface area (Å²) in [6.45, 7) is 5.28. The van der Waals surface area contributed by atoms with E-state index in [-0.39, 0.29) is 29.6 Å². The van der Waals surface area contributed by atoms with Gasteiger partial charge in [-0.05, 0) is 184 Å². The van der Waals surface area contributed by atoms with Gasteiger partial charge < -0.3 is 24.9 Å². The van der Waals surface area contributed by atoms with Crippen LogP contribution in [0.1, 0.15) is 51.4 Å². The van der Waals surface area contributed by atoms with Gasteiger partial charge in [0.25, 0.3) is 5.97 Å². The third-order valence-electron chi connectivity index (χ3n) is 16.5. The number of carboxylic acid groups (broad SMARTS) is 1. The van der Waals surface area contributed by atoms with Crippen LogP contribution in [-0.2, 0) is 20.7 Å².